The summed E-state index contributed by atoms with van der Waals surface area (Å²) in [4.78, 5) is 14.4. The standard InChI is InChI=1S/C15H20N2O2S/c1-17(10-13-7-2-3-8-19-13)15(18)12-6-4-5-11(9-12)14(16)20/h4-6,9,13H,2-3,7-8,10H2,1H3,(H2,16,20). The van der Waals surface area contributed by atoms with Gasteiger partial charge in [-0.15, -0.1) is 0 Å². The van der Waals surface area contributed by atoms with Crippen molar-refractivity contribution in [3.05, 3.63) is 35.4 Å². The SMILES string of the molecule is CN(CC1CCCCO1)C(=O)c1cccc(C(N)=S)c1. The zero-order chi connectivity index (χ0) is 14.5. The van der Waals surface area contributed by atoms with Gasteiger partial charge in [0, 0.05) is 31.3 Å². The quantitative estimate of drug-likeness (QED) is 0.862. The summed E-state index contributed by atoms with van der Waals surface area (Å²) < 4.78 is 5.66. The Hall–Kier alpha value is -1.46. The molecule has 2 N–H and O–H groups in total. The zero-order valence-electron chi connectivity index (χ0n) is 11.7. The van der Waals surface area contributed by atoms with Crippen LogP contribution in [0.25, 0.3) is 0 Å². The fourth-order valence-corrected chi connectivity index (χ4v) is 2.49. The summed E-state index contributed by atoms with van der Waals surface area (Å²) in [5.41, 5.74) is 6.92. The lowest BCUT2D eigenvalue weighted by atomic mass is 10.1. The highest BCUT2D eigenvalue weighted by molar-refractivity contribution is 7.80. The van der Waals surface area contributed by atoms with Gasteiger partial charge in [-0.3, -0.25) is 4.79 Å². The molecule has 0 aromatic heterocycles. The highest BCUT2D eigenvalue weighted by Crippen LogP contribution is 2.15. The Balaban J connectivity index is 2.02. The summed E-state index contributed by atoms with van der Waals surface area (Å²) in [6.45, 7) is 1.42. The Morgan fingerprint density at radius 1 is 1.45 bits per heavy atom. The van der Waals surface area contributed by atoms with Crippen LogP contribution in [-0.4, -0.2) is 42.1 Å². The molecule has 1 atom stereocenters. The third kappa shape index (κ3) is 3.77. The molecule has 1 aromatic carbocycles. The number of benzene rings is 1. The summed E-state index contributed by atoms with van der Waals surface area (Å²) in [6, 6.07) is 7.13. The van der Waals surface area contributed by atoms with E-state index in [1.54, 1.807) is 30.1 Å². The fraction of sp³-hybridized carbons (Fsp3) is 0.467. The maximum atomic E-state index is 12.4. The maximum absolute atomic E-state index is 12.4. The van der Waals surface area contributed by atoms with Crippen molar-refractivity contribution in [3.8, 4) is 0 Å². The Morgan fingerprint density at radius 2 is 2.20 bits per heavy atom. The van der Waals surface area contributed by atoms with Crippen LogP contribution in [0.3, 0.4) is 0 Å². The van der Waals surface area contributed by atoms with Crippen LogP contribution < -0.4 is 5.73 Å². The highest BCUT2D eigenvalue weighted by Gasteiger charge is 2.19. The zero-order valence-corrected chi connectivity index (χ0v) is 12.5. The number of hydrogen-bond donors (Lipinski definition) is 1. The van der Waals surface area contributed by atoms with E-state index < -0.39 is 0 Å². The number of carbonyl (C=O) groups is 1. The summed E-state index contributed by atoms with van der Waals surface area (Å²) in [5, 5.41) is 0. The largest absolute Gasteiger partial charge is 0.389 e. The minimum atomic E-state index is -0.0303. The molecule has 1 fully saturated rings. The lowest BCUT2D eigenvalue weighted by molar-refractivity contribution is -0.000187. The van der Waals surface area contributed by atoms with E-state index in [1.807, 2.05) is 6.07 Å². The number of thiocarbonyl (C=S) groups is 1. The van der Waals surface area contributed by atoms with Crippen molar-refractivity contribution in [1.29, 1.82) is 0 Å². The van der Waals surface area contributed by atoms with Crippen LogP contribution in [-0.2, 0) is 4.74 Å². The Morgan fingerprint density at radius 3 is 2.85 bits per heavy atom. The Labute approximate surface area is 124 Å². The summed E-state index contributed by atoms with van der Waals surface area (Å²) in [7, 11) is 1.80. The summed E-state index contributed by atoms with van der Waals surface area (Å²) in [6.07, 6.45) is 3.45. The normalized spacial score (nSPS) is 18.6. The van der Waals surface area contributed by atoms with Gasteiger partial charge in [0.15, 0.2) is 0 Å². The van der Waals surface area contributed by atoms with Crippen LogP contribution in [0.5, 0.6) is 0 Å². The van der Waals surface area contributed by atoms with Gasteiger partial charge in [-0.25, -0.2) is 0 Å². The van der Waals surface area contributed by atoms with E-state index in [0.717, 1.165) is 19.4 Å². The Kier molecular flexibility index (Phi) is 5.09. The van der Waals surface area contributed by atoms with E-state index in [1.165, 1.54) is 6.42 Å². The van der Waals surface area contributed by atoms with Crippen molar-refractivity contribution >= 4 is 23.1 Å². The molecule has 108 valence electrons. The van der Waals surface area contributed by atoms with Crippen LogP contribution in [0.4, 0.5) is 0 Å². The van der Waals surface area contributed by atoms with E-state index in [-0.39, 0.29) is 12.0 Å². The van der Waals surface area contributed by atoms with Crippen LogP contribution in [0.15, 0.2) is 24.3 Å². The predicted octanol–water partition coefficient (Wildman–Crippen LogP) is 1.96. The van der Waals surface area contributed by atoms with E-state index in [0.29, 0.717) is 22.7 Å². The van der Waals surface area contributed by atoms with Gasteiger partial charge in [0.2, 0.25) is 0 Å². The van der Waals surface area contributed by atoms with Crippen molar-refractivity contribution in [3.63, 3.8) is 0 Å². The van der Waals surface area contributed by atoms with Crippen LogP contribution in [0, 0.1) is 0 Å². The van der Waals surface area contributed by atoms with E-state index >= 15 is 0 Å². The fourth-order valence-electron chi connectivity index (χ4n) is 2.37. The van der Waals surface area contributed by atoms with Crippen molar-refractivity contribution < 1.29 is 9.53 Å². The molecule has 2 rings (SSSR count). The third-order valence-corrected chi connectivity index (χ3v) is 3.73. The minimum Gasteiger partial charge on any atom is -0.389 e. The van der Waals surface area contributed by atoms with Crippen molar-refractivity contribution in [2.75, 3.05) is 20.2 Å². The minimum absolute atomic E-state index is 0.0303. The van der Waals surface area contributed by atoms with Crippen LogP contribution in [0.2, 0.25) is 0 Å². The molecule has 1 unspecified atom stereocenters. The predicted molar refractivity (Wildman–Crippen MR) is 82.9 cm³/mol. The second-order valence-corrected chi connectivity index (χ2v) is 5.56. The molecular formula is C15H20N2O2S. The number of nitrogens with zero attached hydrogens (tertiary/aromatic N) is 1. The molecule has 1 saturated heterocycles. The first-order valence-electron chi connectivity index (χ1n) is 6.85. The molecule has 0 spiro atoms. The molecule has 0 bridgehead atoms. The molecule has 4 nitrogen and oxygen atoms in total. The van der Waals surface area contributed by atoms with Crippen molar-refractivity contribution in [2.24, 2.45) is 5.73 Å². The van der Waals surface area contributed by atoms with Crippen molar-refractivity contribution in [2.45, 2.75) is 25.4 Å². The van der Waals surface area contributed by atoms with Gasteiger partial charge in [0.1, 0.15) is 4.99 Å². The summed E-state index contributed by atoms with van der Waals surface area (Å²) in [5.74, 6) is -0.0303. The van der Waals surface area contributed by atoms with Crippen LogP contribution in [0.1, 0.15) is 35.2 Å². The molecule has 0 aliphatic carbocycles. The topological polar surface area (TPSA) is 55.6 Å². The van der Waals surface area contributed by atoms with E-state index in [4.69, 9.17) is 22.7 Å². The highest BCUT2D eigenvalue weighted by atomic mass is 32.1. The number of hydrogen-bond acceptors (Lipinski definition) is 3. The van der Waals surface area contributed by atoms with E-state index in [2.05, 4.69) is 0 Å². The average Bonchev–Trinajstić information content (AvgIpc) is 2.47. The van der Waals surface area contributed by atoms with Crippen molar-refractivity contribution in [1.82, 2.24) is 4.90 Å². The molecule has 20 heavy (non-hydrogen) atoms. The monoisotopic (exact) mass is 292 g/mol. The maximum Gasteiger partial charge on any atom is 0.253 e. The molecule has 1 amide bonds. The molecule has 0 radical (unpaired) electrons. The Bertz CT molecular complexity index is 498. The smallest absolute Gasteiger partial charge is 0.253 e. The average molecular weight is 292 g/mol. The van der Waals surface area contributed by atoms with E-state index in [9.17, 15) is 4.79 Å². The molecule has 1 heterocycles. The van der Waals surface area contributed by atoms with Gasteiger partial charge in [0.25, 0.3) is 5.91 Å². The number of carbonyl (C=O) groups excluding carboxylic acids is 1. The lowest BCUT2D eigenvalue weighted by Gasteiger charge is -2.27. The molecule has 5 heteroatoms. The molecule has 0 saturated carbocycles. The van der Waals surface area contributed by atoms with Gasteiger partial charge in [0.05, 0.1) is 6.10 Å². The summed E-state index contributed by atoms with van der Waals surface area (Å²) >= 11 is 4.94. The number of likely N-dealkylation sites (N-methyl/N-ethyl adjacent to an activating group) is 1. The van der Waals surface area contributed by atoms with Crippen LogP contribution >= 0.6 is 12.2 Å². The number of ether oxygens (including phenoxy) is 1. The molecular weight excluding hydrogens is 272 g/mol. The third-order valence-electron chi connectivity index (χ3n) is 3.49. The number of nitrogens with two attached hydrogens (primary N) is 1. The van der Waals surface area contributed by atoms with Gasteiger partial charge in [-0.05, 0) is 31.4 Å². The number of amides is 1. The molecule has 1 aromatic rings. The first kappa shape index (κ1) is 14.9. The second-order valence-electron chi connectivity index (χ2n) is 5.12. The lowest BCUT2D eigenvalue weighted by Crippen LogP contribution is -2.37. The van der Waals surface area contributed by atoms with Gasteiger partial charge < -0.3 is 15.4 Å². The first-order chi connectivity index (χ1) is 9.58. The molecule has 1 aliphatic heterocycles. The van der Waals surface area contributed by atoms with Gasteiger partial charge in [-0.2, -0.15) is 0 Å². The first-order valence-corrected chi connectivity index (χ1v) is 7.25. The second kappa shape index (κ2) is 6.81. The van der Waals surface area contributed by atoms with Gasteiger partial charge in [-0.1, -0.05) is 24.4 Å². The number of rotatable bonds is 4. The molecule has 1 aliphatic rings. The van der Waals surface area contributed by atoms with Gasteiger partial charge >= 0.3 is 0 Å².